The number of halogens is 1. The third-order valence-electron chi connectivity index (χ3n) is 2.97. The number of carbonyl (C=O) groups is 1. The van der Waals surface area contributed by atoms with Crippen molar-refractivity contribution in [3.05, 3.63) is 45.6 Å². The Morgan fingerprint density at radius 3 is 2.77 bits per heavy atom. The second-order valence-electron chi connectivity index (χ2n) is 4.48. The van der Waals surface area contributed by atoms with E-state index in [0.29, 0.717) is 29.7 Å². The van der Waals surface area contributed by atoms with Gasteiger partial charge in [-0.25, -0.2) is 4.79 Å². The minimum Gasteiger partial charge on any atom is -0.490 e. The molecule has 118 valence electrons. The molecule has 8 heteroatoms. The Balaban J connectivity index is 2.07. The highest BCUT2D eigenvalue weighted by Crippen LogP contribution is 2.27. The molecule has 1 aromatic heterocycles. The summed E-state index contributed by atoms with van der Waals surface area (Å²) in [4.78, 5) is 25.8. The molecule has 0 atom stereocenters. The van der Waals surface area contributed by atoms with Crippen molar-refractivity contribution < 1.29 is 14.3 Å². The smallest absolute Gasteiger partial charge is 0.325 e. The summed E-state index contributed by atoms with van der Waals surface area (Å²) in [5.74, 6) is 0.0933. The van der Waals surface area contributed by atoms with Gasteiger partial charge in [0.25, 0.3) is 5.91 Å². The third-order valence-corrected chi connectivity index (χ3v) is 3.26. The number of anilines is 1. The summed E-state index contributed by atoms with van der Waals surface area (Å²) in [6, 6.07) is 4.90. The first-order valence-corrected chi connectivity index (χ1v) is 6.87. The van der Waals surface area contributed by atoms with E-state index in [0.717, 1.165) is 0 Å². The lowest BCUT2D eigenvalue weighted by Gasteiger charge is -2.10. The van der Waals surface area contributed by atoms with Gasteiger partial charge in [-0.15, -0.1) is 0 Å². The summed E-state index contributed by atoms with van der Waals surface area (Å²) in [7, 11) is 3.09. The molecule has 0 fully saturated rings. The number of hydrogen-bond donors (Lipinski definition) is 2. The molecule has 1 heterocycles. The molecule has 2 N–H and O–H groups in total. The van der Waals surface area contributed by atoms with E-state index in [1.807, 2.05) is 0 Å². The Hall–Kier alpha value is -2.25. The number of imidazole rings is 1. The molecule has 0 aliphatic heterocycles. The van der Waals surface area contributed by atoms with Gasteiger partial charge < -0.3 is 19.8 Å². The molecule has 1 aromatic carbocycles. The van der Waals surface area contributed by atoms with Crippen molar-refractivity contribution in [2.45, 2.75) is 0 Å². The van der Waals surface area contributed by atoms with Crippen LogP contribution in [-0.4, -0.2) is 35.8 Å². The van der Waals surface area contributed by atoms with Gasteiger partial charge in [0, 0.05) is 26.0 Å². The topological polar surface area (TPSA) is 85.3 Å². The van der Waals surface area contributed by atoms with Gasteiger partial charge >= 0.3 is 5.69 Å². The van der Waals surface area contributed by atoms with Crippen LogP contribution in [0.3, 0.4) is 0 Å². The summed E-state index contributed by atoms with van der Waals surface area (Å²) in [6.07, 6.45) is 1.35. The van der Waals surface area contributed by atoms with Gasteiger partial charge in [0.2, 0.25) is 0 Å². The number of ether oxygens (including phenoxy) is 2. The van der Waals surface area contributed by atoms with Gasteiger partial charge in [0.05, 0.1) is 11.6 Å². The summed E-state index contributed by atoms with van der Waals surface area (Å²) in [6.45, 7) is 0.837. The SMILES string of the molecule is COCCOc1ccc(NC(=O)c2c[nH]c(=O)n2C)cc1Cl. The number of benzene rings is 1. The Kier molecular flexibility index (Phi) is 5.24. The Morgan fingerprint density at radius 1 is 1.41 bits per heavy atom. The average molecular weight is 326 g/mol. The normalized spacial score (nSPS) is 10.5. The zero-order valence-electron chi connectivity index (χ0n) is 12.2. The molecule has 1 amide bonds. The molecule has 22 heavy (non-hydrogen) atoms. The second-order valence-corrected chi connectivity index (χ2v) is 4.89. The molecule has 0 aliphatic carbocycles. The van der Waals surface area contributed by atoms with Gasteiger partial charge in [0.15, 0.2) is 0 Å². The van der Waals surface area contributed by atoms with Crippen LogP contribution in [-0.2, 0) is 11.8 Å². The molecule has 0 spiro atoms. The maximum absolute atomic E-state index is 12.1. The van der Waals surface area contributed by atoms with Crippen LogP contribution >= 0.6 is 11.6 Å². The van der Waals surface area contributed by atoms with Crippen LogP contribution in [0.15, 0.2) is 29.2 Å². The van der Waals surface area contributed by atoms with Crippen LogP contribution < -0.4 is 15.7 Å². The highest BCUT2D eigenvalue weighted by atomic mass is 35.5. The number of nitrogens with zero attached hydrogens (tertiary/aromatic N) is 1. The number of nitrogens with one attached hydrogen (secondary N) is 2. The lowest BCUT2D eigenvalue weighted by Crippen LogP contribution is -2.21. The number of aromatic nitrogens is 2. The fourth-order valence-electron chi connectivity index (χ4n) is 1.78. The number of hydrogen-bond acceptors (Lipinski definition) is 4. The lowest BCUT2D eigenvalue weighted by molar-refractivity contribution is 0.101. The zero-order chi connectivity index (χ0) is 16.1. The first kappa shape index (κ1) is 16.1. The van der Waals surface area contributed by atoms with E-state index in [9.17, 15) is 9.59 Å². The summed E-state index contributed by atoms with van der Waals surface area (Å²) in [5.41, 5.74) is 0.370. The maximum atomic E-state index is 12.1. The van der Waals surface area contributed by atoms with Crippen molar-refractivity contribution in [1.82, 2.24) is 9.55 Å². The van der Waals surface area contributed by atoms with E-state index >= 15 is 0 Å². The van der Waals surface area contributed by atoms with E-state index in [-0.39, 0.29) is 11.4 Å². The standard InChI is InChI=1S/C14H16ClN3O4/c1-18-11(8-16-14(18)20)13(19)17-9-3-4-12(10(15)7-9)22-6-5-21-2/h3-4,7-8H,5-6H2,1-2H3,(H,16,20)(H,17,19). The number of carbonyl (C=O) groups excluding carboxylic acids is 1. The highest BCUT2D eigenvalue weighted by molar-refractivity contribution is 6.32. The number of aromatic amines is 1. The molecule has 7 nitrogen and oxygen atoms in total. The van der Waals surface area contributed by atoms with Crippen molar-refractivity contribution in [3.8, 4) is 5.75 Å². The molecule has 0 radical (unpaired) electrons. The summed E-state index contributed by atoms with van der Waals surface area (Å²) < 4.78 is 11.5. The Labute approximate surface area is 131 Å². The number of rotatable bonds is 6. The van der Waals surface area contributed by atoms with Crippen LogP contribution in [0.25, 0.3) is 0 Å². The van der Waals surface area contributed by atoms with Crippen LogP contribution in [0.2, 0.25) is 5.02 Å². The van der Waals surface area contributed by atoms with Gasteiger partial charge in [-0.05, 0) is 18.2 Å². The largest absolute Gasteiger partial charge is 0.490 e. The number of H-pyrrole nitrogens is 1. The molecule has 0 saturated carbocycles. The van der Waals surface area contributed by atoms with Crippen molar-refractivity contribution in [1.29, 1.82) is 0 Å². The molecule has 0 unspecified atom stereocenters. The van der Waals surface area contributed by atoms with Crippen molar-refractivity contribution in [3.63, 3.8) is 0 Å². The van der Waals surface area contributed by atoms with Crippen LogP contribution in [0.5, 0.6) is 5.75 Å². The molecule has 2 aromatic rings. The summed E-state index contributed by atoms with van der Waals surface area (Å²) >= 11 is 6.09. The van der Waals surface area contributed by atoms with Crippen LogP contribution in [0.4, 0.5) is 5.69 Å². The van der Waals surface area contributed by atoms with Crippen molar-refractivity contribution >= 4 is 23.2 Å². The predicted octanol–water partition coefficient (Wildman–Crippen LogP) is 1.64. The number of methoxy groups -OCH3 is 1. The van der Waals surface area contributed by atoms with E-state index in [1.54, 1.807) is 25.3 Å². The van der Waals surface area contributed by atoms with E-state index < -0.39 is 5.91 Å². The zero-order valence-corrected chi connectivity index (χ0v) is 12.9. The minimum absolute atomic E-state index is 0.224. The van der Waals surface area contributed by atoms with Crippen molar-refractivity contribution in [2.24, 2.45) is 7.05 Å². The fourth-order valence-corrected chi connectivity index (χ4v) is 2.01. The maximum Gasteiger partial charge on any atom is 0.325 e. The lowest BCUT2D eigenvalue weighted by atomic mass is 10.3. The molecular formula is C14H16ClN3O4. The highest BCUT2D eigenvalue weighted by Gasteiger charge is 2.12. The monoisotopic (exact) mass is 325 g/mol. The molecular weight excluding hydrogens is 310 g/mol. The van der Waals surface area contributed by atoms with Crippen LogP contribution in [0, 0.1) is 0 Å². The molecule has 2 rings (SSSR count). The minimum atomic E-state index is -0.412. The predicted molar refractivity (Wildman–Crippen MR) is 82.8 cm³/mol. The number of amides is 1. The van der Waals surface area contributed by atoms with Crippen molar-refractivity contribution in [2.75, 3.05) is 25.6 Å². The Bertz CT molecular complexity index is 723. The first-order chi connectivity index (χ1) is 10.5. The van der Waals surface area contributed by atoms with Gasteiger partial charge in [-0.3, -0.25) is 9.36 Å². The van der Waals surface area contributed by atoms with Crippen LogP contribution in [0.1, 0.15) is 10.5 Å². The average Bonchev–Trinajstić information content (AvgIpc) is 2.81. The second kappa shape index (κ2) is 7.15. The molecule has 0 aliphatic rings. The van der Waals surface area contributed by atoms with E-state index in [2.05, 4.69) is 10.3 Å². The van der Waals surface area contributed by atoms with Gasteiger partial charge in [-0.2, -0.15) is 0 Å². The molecule has 0 saturated heterocycles. The fraction of sp³-hybridized carbons (Fsp3) is 0.286. The quantitative estimate of drug-likeness (QED) is 0.791. The van der Waals surface area contributed by atoms with Gasteiger partial charge in [-0.1, -0.05) is 11.6 Å². The van der Waals surface area contributed by atoms with E-state index in [1.165, 1.54) is 17.8 Å². The first-order valence-electron chi connectivity index (χ1n) is 6.50. The third kappa shape index (κ3) is 3.69. The van der Waals surface area contributed by atoms with Gasteiger partial charge in [0.1, 0.15) is 18.1 Å². The Morgan fingerprint density at radius 2 is 2.18 bits per heavy atom. The summed E-state index contributed by atoms with van der Waals surface area (Å²) in [5, 5.41) is 3.04. The van der Waals surface area contributed by atoms with E-state index in [4.69, 9.17) is 21.1 Å². The molecule has 0 bridgehead atoms.